The molecular formula is C36H45F3N8OS. The minimum absolute atomic E-state index is 0.0413. The summed E-state index contributed by atoms with van der Waals surface area (Å²) in [6.07, 6.45) is 3.73. The van der Waals surface area contributed by atoms with Gasteiger partial charge < -0.3 is 20.0 Å². The fourth-order valence-corrected chi connectivity index (χ4v) is 8.48. The van der Waals surface area contributed by atoms with E-state index in [0.29, 0.717) is 51.7 Å². The van der Waals surface area contributed by atoms with Gasteiger partial charge in [-0.25, -0.2) is 23.1 Å². The number of rotatable bonds is 13. The highest BCUT2D eigenvalue weighted by Crippen LogP contribution is 2.38. The lowest BCUT2D eigenvalue weighted by Crippen LogP contribution is -2.58. The molecule has 49 heavy (non-hydrogen) atoms. The Hall–Kier alpha value is -3.68. The van der Waals surface area contributed by atoms with Gasteiger partial charge in [0.2, 0.25) is 5.95 Å². The molecule has 0 spiro atoms. The van der Waals surface area contributed by atoms with E-state index in [1.54, 1.807) is 19.1 Å². The first-order chi connectivity index (χ1) is 23.6. The van der Waals surface area contributed by atoms with Gasteiger partial charge >= 0.3 is 0 Å². The number of nitrogens with zero attached hydrogens (tertiary/aromatic N) is 7. The summed E-state index contributed by atoms with van der Waals surface area (Å²) in [6, 6.07) is 6.32. The van der Waals surface area contributed by atoms with Crippen molar-refractivity contribution in [2.45, 2.75) is 57.9 Å². The summed E-state index contributed by atoms with van der Waals surface area (Å²) >= 11 is 1.93. The predicted molar refractivity (Wildman–Crippen MR) is 193 cm³/mol. The van der Waals surface area contributed by atoms with Gasteiger partial charge in [-0.1, -0.05) is 11.9 Å². The van der Waals surface area contributed by atoms with Crippen molar-refractivity contribution in [2.75, 3.05) is 67.5 Å². The summed E-state index contributed by atoms with van der Waals surface area (Å²) in [5.41, 5.74) is 2.79. The van der Waals surface area contributed by atoms with E-state index in [-0.39, 0.29) is 29.3 Å². The zero-order chi connectivity index (χ0) is 34.8. The van der Waals surface area contributed by atoms with Crippen molar-refractivity contribution in [3.63, 3.8) is 0 Å². The summed E-state index contributed by atoms with van der Waals surface area (Å²) in [5, 5.41) is 3.94. The lowest BCUT2D eigenvalue weighted by molar-refractivity contribution is 0.112. The number of hydrogen-bond donors (Lipinski definition) is 1. The molecule has 262 valence electrons. The van der Waals surface area contributed by atoms with E-state index >= 15 is 8.78 Å². The molecule has 4 heterocycles. The van der Waals surface area contributed by atoms with Crippen LogP contribution in [0, 0.1) is 30.3 Å². The number of carbonyl (C=O) groups is 1. The van der Waals surface area contributed by atoms with E-state index in [1.165, 1.54) is 12.1 Å². The molecule has 3 fully saturated rings. The van der Waals surface area contributed by atoms with Gasteiger partial charge in [0.25, 0.3) is 0 Å². The zero-order valence-corrected chi connectivity index (χ0v) is 29.4. The Morgan fingerprint density at radius 3 is 2.47 bits per heavy atom. The van der Waals surface area contributed by atoms with Crippen LogP contribution in [0.4, 0.5) is 36.2 Å². The van der Waals surface area contributed by atoms with Gasteiger partial charge in [-0.2, -0.15) is 0 Å². The number of nitrogens with one attached hydrogen (secondary N) is 1. The minimum atomic E-state index is -0.619. The minimum Gasteiger partial charge on any atom is -0.368 e. The van der Waals surface area contributed by atoms with Gasteiger partial charge in [0.15, 0.2) is 11.6 Å². The lowest BCUT2D eigenvalue weighted by atomic mass is 9.96. The van der Waals surface area contributed by atoms with Crippen molar-refractivity contribution in [2.24, 2.45) is 10.9 Å². The molecule has 3 saturated heterocycles. The second kappa shape index (κ2) is 15.1. The van der Waals surface area contributed by atoms with Crippen LogP contribution >= 0.6 is 11.9 Å². The van der Waals surface area contributed by atoms with Gasteiger partial charge in [-0.15, -0.1) is 0 Å². The van der Waals surface area contributed by atoms with Crippen LogP contribution in [0.25, 0.3) is 11.3 Å². The fraction of sp³-hybridized carbons (Fsp3) is 0.500. The Labute approximate surface area is 291 Å². The number of aliphatic imine (C=N–C) groups is 1. The number of carbonyl (C=O) groups excluding carboxylic acids is 1. The first kappa shape index (κ1) is 35.2. The van der Waals surface area contributed by atoms with Crippen molar-refractivity contribution in [3.05, 3.63) is 59.0 Å². The van der Waals surface area contributed by atoms with E-state index in [4.69, 9.17) is 0 Å². The lowest BCUT2D eigenvalue weighted by Gasteiger charge is -2.48. The summed E-state index contributed by atoms with van der Waals surface area (Å²) in [7, 11) is 0. The highest BCUT2D eigenvalue weighted by Gasteiger charge is 2.36. The van der Waals surface area contributed by atoms with Crippen molar-refractivity contribution in [3.8, 4) is 11.3 Å². The number of aromatic nitrogens is 2. The molecule has 1 aromatic heterocycles. The van der Waals surface area contributed by atoms with Gasteiger partial charge in [0.1, 0.15) is 23.5 Å². The first-order valence-electron chi connectivity index (χ1n) is 17.1. The summed E-state index contributed by atoms with van der Waals surface area (Å²) in [6.45, 7) is 18.4. The third-order valence-corrected chi connectivity index (χ3v) is 11.0. The smallest absolute Gasteiger partial charge is 0.223 e. The molecule has 0 aliphatic carbocycles. The van der Waals surface area contributed by atoms with Crippen LogP contribution in [-0.4, -0.2) is 102 Å². The van der Waals surface area contributed by atoms with Crippen LogP contribution in [0.1, 0.15) is 49.5 Å². The average Bonchev–Trinajstić information content (AvgIpc) is 3.03. The number of aldehydes is 1. The molecule has 13 heteroatoms. The normalized spacial score (nSPS) is 18.0. The van der Waals surface area contributed by atoms with Crippen LogP contribution < -0.4 is 15.1 Å². The van der Waals surface area contributed by atoms with Crippen molar-refractivity contribution in [1.29, 1.82) is 0 Å². The van der Waals surface area contributed by atoms with Gasteiger partial charge in [-0.05, 0) is 77.1 Å². The maximum Gasteiger partial charge on any atom is 0.223 e. The number of halogens is 3. The monoisotopic (exact) mass is 694 g/mol. The highest BCUT2D eigenvalue weighted by atomic mass is 32.2. The van der Waals surface area contributed by atoms with Crippen LogP contribution in [0.3, 0.4) is 0 Å². The Bertz CT molecular complexity index is 1670. The molecule has 0 saturated carbocycles. The molecule has 0 amide bonds. The number of aryl methyl sites for hydroxylation is 1. The van der Waals surface area contributed by atoms with Gasteiger partial charge in [-0.3, -0.25) is 14.1 Å². The Kier molecular flexibility index (Phi) is 10.8. The largest absolute Gasteiger partial charge is 0.368 e. The van der Waals surface area contributed by atoms with Crippen LogP contribution in [0.15, 0.2) is 35.5 Å². The first-order valence-corrected chi connectivity index (χ1v) is 17.9. The van der Waals surface area contributed by atoms with Crippen molar-refractivity contribution >= 4 is 48.0 Å². The molecule has 0 bridgehead atoms. The van der Waals surface area contributed by atoms with E-state index < -0.39 is 11.6 Å². The van der Waals surface area contributed by atoms with Crippen molar-refractivity contribution < 1.29 is 18.0 Å². The zero-order valence-electron chi connectivity index (χ0n) is 28.6. The van der Waals surface area contributed by atoms with E-state index in [2.05, 4.69) is 36.2 Å². The second-order valence-corrected chi connectivity index (χ2v) is 15.0. The third kappa shape index (κ3) is 7.73. The predicted octanol–water partition coefficient (Wildman–Crippen LogP) is 6.59. The molecular weight excluding hydrogens is 650 g/mol. The standard InChI is InChI=1S/C36H45F3N8OS/c1-6-47(22(2)3)33-13-25(12-30(38)35(33)40-5)34-31(39)15-41-36(43-34)42-27-7-9-46(10-8-27)49-28-19-44(20-28)16-24-17-45(18-24)32-14-26(21-48)23(4)11-29(32)37/h11-15,21-22,24,27-28H,5-10,16-20H2,1-4H3,(H,41,42,43). The molecule has 3 aliphatic rings. The SMILES string of the molecule is C=Nc1c(F)cc(-c2nc(NC3CCN(SC4CN(CC5CN(c6cc(C=O)c(C)cc6F)C5)C4)CC3)ncc2F)cc1N(CC)C(C)C. The summed E-state index contributed by atoms with van der Waals surface area (Å²) in [5.74, 6) is -0.637. The van der Waals surface area contributed by atoms with Crippen LogP contribution in [0.2, 0.25) is 0 Å². The summed E-state index contributed by atoms with van der Waals surface area (Å²) in [4.78, 5) is 30.4. The molecule has 0 radical (unpaired) electrons. The second-order valence-electron chi connectivity index (χ2n) is 13.6. The molecule has 3 aliphatic heterocycles. The Morgan fingerprint density at radius 2 is 1.82 bits per heavy atom. The molecule has 2 aromatic carbocycles. The van der Waals surface area contributed by atoms with E-state index in [9.17, 15) is 9.18 Å². The quantitative estimate of drug-likeness (QED) is 0.121. The summed E-state index contributed by atoms with van der Waals surface area (Å²) < 4.78 is 47.1. The van der Waals surface area contributed by atoms with E-state index in [1.807, 2.05) is 42.5 Å². The molecule has 3 aromatic rings. The topological polar surface area (TPSA) is 80.2 Å². The number of benzene rings is 2. The van der Waals surface area contributed by atoms with E-state index in [0.717, 1.165) is 71.1 Å². The average molecular weight is 695 g/mol. The molecule has 0 unspecified atom stereocenters. The number of likely N-dealkylation sites (tertiary alicyclic amines) is 1. The van der Waals surface area contributed by atoms with Crippen LogP contribution in [0.5, 0.6) is 0 Å². The molecule has 9 nitrogen and oxygen atoms in total. The molecule has 6 rings (SSSR count). The number of hydrogen-bond acceptors (Lipinski definition) is 10. The Balaban J connectivity index is 0.963. The van der Waals surface area contributed by atoms with Gasteiger partial charge in [0, 0.05) is 86.7 Å². The maximum atomic E-state index is 15.2. The number of piperidine rings is 1. The van der Waals surface area contributed by atoms with Crippen molar-refractivity contribution in [1.82, 2.24) is 19.2 Å². The fourth-order valence-electron chi connectivity index (χ4n) is 7.08. The third-order valence-electron chi connectivity index (χ3n) is 9.78. The maximum absolute atomic E-state index is 15.2. The van der Waals surface area contributed by atoms with Crippen LogP contribution in [-0.2, 0) is 0 Å². The van der Waals surface area contributed by atoms with Gasteiger partial charge in [0.05, 0.1) is 17.6 Å². The Morgan fingerprint density at radius 1 is 1.08 bits per heavy atom. The molecule has 0 atom stereocenters. The molecule has 1 N–H and O–H groups in total. The number of anilines is 3. The highest BCUT2D eigenvalue weighted by molar-refractivity contribution is 7.97.